The third-order valence-corrected chi connectivity index (χ3v) is 4.00. The molecule has 0 aromatic carbocycles. The van der Waals surface area contributed by atoms with Gasteiger partial charge in [-0.1, -0.05) is 26.7 Å². The molecule has 0 aromatic rings. The summed E-state index contributed by atoms with van der Waals surface area (Å²) in [5.74, 6) is 2.31. The monoisotopic (exact) mass is 158 g/mol. The summed E-state index contributed by atoms with van der Waals surface area (Å²) < 4.78 is 0. The van der Waals surface area contributed by atoms with E-state index in [1.54, 1.807) is 0 Å². The maximum atomic E-state index is 2.45. The van der Waals surface area contributed by atoms with Crippen molar-refractivity contribution in [3.63, 3.8) is 0 Å². The van der Waals surface area contributed by atoms with Crippen molar-refractivity contribution in [2.24, 2.45) is 11.3 Å². The topological polar surface area (TPSA) is 0 Å². The number of hydrogen-bond donors (Lipinski definition) is 0. The first-order valence-electron chi connectivity index (χ1n) is 4.18. The molecule has 0 saturated heterocycles. The summed E-state index contributed by atoms with van der Waals surface area (Å²) in [5, 5.41) is 0. The van der Waals surface area contributed by atoms with Crippen LogP contribution in [0.1, 0.15) is 33.1 Å². The van der Waals surface area contributed by atoms with Gasteiger partial charge in [-0.2, -0.15) is 11.8 Å². The Morgan fingerprint density at radius 2 is 2.30 bits per heavy atom. The van der Waals surface area contributed by atoms with Crippen molar-refractivity contribution in [2.75, 3.05) is 12.0 Å². The second kappa shape index (κ2) is 3.17. The predicted octanol–water partition coefficient (Wildman–Crippen LogP) is 3.18. The summed E-state index contributed by atoms with van der Waals surface area (Å²) >= 11 is 2.00. The van der Waals surface area contributed by atoms with Crippen molar-refractivity contribution in [2.45, 2.75) is 33.1 Å². The molecule has 2 unspecified atom stereocenters. The Bertz CT molecular complexity index is 111. The SMILES string of the molecule is CSCC1(C)CCCC1C. The molecule has 1 fully saturated rings. The van der Waals surface area contributed by atoms with Crippen LogP contribution in [-0.2, 0) is 0 Å². The van der Waals surface area contributed by atoms with Crippen LogP contribution in [0, 0.1) is 11.3 Å². The van der Waals surface area contributed by atoms with E-state index >= 15 is 0 Å². The first-order chi connectivity index (χ1) is 4.69. The second-order valence-corrected chi connectivity index (χ2v) is 4.75. The Balaban J connectivity index is 2.48. The van der Waals surface area contributed by atoms with Gasteiger partial charge < -0.3 is 0 Å². The van der Waals surface area contributed by atoms with Gasteiger partial charge in [-0.3, -0.25) is 0 Å². The molecular formula is C9H18S. The molecule has 1 saturated carbocycles. The fourth-order valence-electron chi connectivity index (χ4n) is 1.95. The molecule has 0 heterocycles. The van der Waals surface area contributed by atoms with E-state index in [0.29, 0.717) is 5.41 Å². The van der Waals surface area contributed by atoms with E-state index in [9.17, 15) is 0 Å². The highest BCUT2D eigenvalue weighted by molar-refractivity contribution is 7.98. The number of hydrogen-bond acceptors (Lipinski definition) is 1. The van der Waals surface area contributed by atoms with Crippen LogP contribution in [0.5, 0.6) is 0 Å². The minimum atomic E-state index is 0.666. The van der Waals surface area contributed by atoms with E-state index in [1.165, 1.54) is 25.0 Å². The quantitative estimate of drug-likeness (QED) is 0.595. The van der Waals surface area contributed by atoms with Crippen molar-refractivity contribution in [1.82, 2.24) is 0 Å². The van der Waals surface area contributed by atoms with Gasteiger partial charge in [0.25, 0.3) is 0 Å². The summed E-state index contributed by atoms with van der Waals surface area (Å²) in [6, 6.07) is 0. The largest absolute Gasteiger partial charge is 0.165 e. The summed E-state index contributed by atoms with van der Waals surface area (Å²) in [7, 11) is 0. The maximum absolute atomic E-state index is 2.45. The molecule has 1 aliphatic rings. The standard InChI is InChI=1S/C9H18S/c1-8-5-4-6-9(8,2)7-10-3/h8H,4-7H2,1-3H3. The lowest BCUT2D eigenvalue weighted by Crippen LogP contribution is -2.21. The van der Waals surface area contributed by atoms with Crippen molar-refractivity contribution < 1.29 is 0 Å². The molecule has 60 valence electrons. The van der Waals surface area contributed by atoms with Crippen molar-refractivity contribution >= 4 is 11.8 Å². The lowest BCUT2D eigenvalue weighted by Gasteiger charge is -2.27. The lowest BCUT2D eigenvalue weighted by molar-refractivity contribution is 0.289. The fourth-order valence-corrected chi connectivity index (χ4v) is 3.04. The Hall–Kier alpha value is 0.350. The van der Waals surface area contributed by atoms with E-state index in [0.717, 1.165) is 5.92 Å². The lowest BCUT2D eigenvalue weighted by atomic mass is 9.83. The van der Waals surface area contributed by atoms with Gasteiger partial charge in [0.15, 0.2) is 0 Å². The Morgan fingerprint density at radius 1 is 1.60 bits per heavy atom. The van der Waals surface area contributed by atoms with E-state index in [2.05, 4.69) is 20.1 Å². The predicted molar refractivity (Wildman–Crippen MR) is 49.5 cm³/mol. The summed E-state index contributed by atoms with van der Waals surface area (Å²) in [6.07, 6.45) is 6.58. The average Bonchev–Trinajstić information content (AvgIpc) is 2.15. The Kier molecular flexibility index (Phi) is 2.67. The van der Waals surface area contributed by atoms with E-state index in [4.69, 9.17) is 0 Å². The molecule has 1 heteroatoms. The van der Waals surface area contributed by atoms with Gasteiger partial charge in [0.2, 0.25) is 0 Å². The van der Waals surface area contributed by atoms with Crippen molar-refractivity contribution in [1.29, 1.82) is 0 Å². The van der Waals surface area contributed by atoms with Crippen LogP contribution < -0.4 is 0 Å². The first-order valence-corrected chi connectivity index (χ1v) is 5.57. The molecule has 1 aliphatic carbocycles. The minimum Gasteiger partial charge on any atom is -0.165 e. The zero-order valence-corrected chi connectivity index (χ0v) is 8.13. The highest BCUT2D eigenvalue weighted by Crippen LogP contribution is 2.44. The summed E-state index contributed by atoms with van der Waals surface area (Å²) in [4.78, 5) is 0. The molecular weight excluding hydrogens is 140 g/mol. The summed E-state index contributed by atoms with van der Waals surface area (Å²) in [6.45, 7) is 4.85. The molecule has 0 nitrogen and oxygen atoms in total. The molecule has 0 radical (unpaired) electrons. The van der Waals surface area contributed by atoms with E-state index in [-0.39, 0.29) is 0 Å². The minimum absolute atomic E-state index is 0.666. The van der Waals surface area contributed by atoms with Crippen LogP contribution in [0.4, 0.5) is 0 Å². The highest BCUT2D eigenvalue weighted by atomic mass is 32.2. The Labute approximate surface area is 68.8 Å². The van der Waals surface area contributed by atoms with Crippen LogP contribution >= 0.6 is 11.8 Å². The summed E-state index contributed by atoms with van der Waals surface area (Å²) in [5.41, 5.74) is 0.666. The van der Waals surface area contributed by atoms with E-state index < -0.39 is 0 Å². The van der Waals surface area contributed by atoms with Crippen LogP contribution in [0.3, 0.4) is 0 Å². The number of rotatable bonds is 2. The first kappa shape index (κ1) is 8.45. The zero-order valence-electron chi connectivity index (χ0n) is 7.31. The zero-order chi connectivity index (χ0) is 7.61. The van der Waals surface area contributed by atoms with Gasteiger partial charge in [0.1, 0.15) is 0 Å². The maximum Gasteiger partial charge on any atom is -0.00137 e. The van der Waals surface area contributed by atoms with Gasteiger partial charge in [0, 0.05) is 0 Å². The van der Waals surface area contributed by atoms with Gasteiger partial charge in [-0.25, -0.2) is 0 Å². The Morgan fingerprint density at radius 3 is 2.70 bits per heavy atom. The molecule has 0 amide bonds. The van der Waals surface area contributed by atoms with Gasteiger partial charge >= 0.3 is 0 Å². The van der Waals surface area contributed by atoms with Crippen LogP contribution in [0.25, 0.3) is 0 Å². The normalized spacial score (nSPS) is 40.5. The molecule has 0 spiro atoms. The third kappa shape index (κ3) is 1.50. The van der Waals surface area contributed by atoms with Gasteiger partial charge in [-0.05, 0) is 29.8 Å². The van der Waals surface area contributed by atoms with Crippen LogP contribution in [0.2, 0.25) is 0 Å². The van der Waals surface area contributed by atoms with E-state index in [1.807, 2.05) is 11.8 Å². The molecule has 0 N–H and O–H groups in total. The highest BCUT2D eigenvalue weighted by Gasteiger charge is 2.34. The van der Waals surface area contributed by atoms with Crippen LogP contribution in [0.15, 0.2) is 0 Å². The van der Waals surface area contributed by atoms with Crippen molar-refractivity contribution in [3.05, 3.63) is 0 Å². The second-order valence-electron chi connectivity index (χ2n) is 3.88. The average molecular weight is 158 g/mol. The smallest absolute Gasteiger partial charge is 0.00137 e. The third-order valence-electron chi connectivity index (χ3n) is 3.05. The molecule has 0 aromatic heterocycles. The fraction of sp³-hybridized carbons (Fsp3) is 1.00. The number of thioether (sulfide) groups is 1. The van der Waals surface area contributed by atoms with Crippen LogP contribution in [-0.4, -0.2) is 12.0 Å². The molecule has 0 bridgehead atoms. The van der Waals surface area contributed by atoms with Gasteiger partial charge in [0.05, 0.1) is 0 Å². The molecule has 0 aliphatic heterocycles. The molecule has 2 atom stereocenters. The molecule has 10 heavy (non-hydrogen) atoms. The molecule has 1 rings (SSSR count). The van der Waals surface area contributed by atoms with Gasteiger partial charge in [-0.15, -0.1) is 0 Å². The van der Waals surface area contributed by atoms with Crippen molar-refractivity contribution in [3.8, 4) is 0 Å².